The van der Waals surface area contributed by atoms with Crippen molar-refractivity contribution in [1.82, 2.24) is 0 Å². The molecule has 2 rings (SSSR count). The Hall–Kier alpha value is -0.980. The summed E-state index contributed by atoms with van der Waals surface area (Å²) in [4.78, 5) is 3.18. The van der Waals surface area contributed by atoms with Crippen molar-refractivity contribution in [2.24, 2.45) is 0 Å². The molecule has 18 heavy (non-hydrogen) atoms. The molecule has 0 heterocycles. The Morgan fingerprint density at radius 2 is 1.39 bits per heavy atom. The van der Waals surface area contributed by atoms with Crippen molar-refractivity contribution in [2.75, 3.05) is 0 Å². The zero-order valence-electron chi connectivity index (χ0n) is 8.79. The van der Waals surface area contributed by atoms with E-state index in [0.29, 0.717) is 31.3 Å². The number of diazo groups is 1. The number of halogens is 4. The summed E-state index contributed by atoms with van der Waals surface area (Å²) in [6.45, 7) is 0. The Morgan fingerprint density at radius 1 is 0.778 bits per heavy atom. The molecule has 2 aromatic rings. The molecule has 0 aromatic heterocycles. The smallest absolute Gasteiger partial charge is 0.0827 e. The molecule has 0 saturated heterocycles. The minimum atomic E-state index is 0.308. The lowest BCUT2D eigenvalue weighted by atomic mass is 10.0. The van der Waals surface area contributed by atoms with Gasteiger partial charge in [-0.15, -0.1) is 0 Å². The Balaban J connectivity index is 2.67. The highest BCUT2D eigenvalue weighted by Gasteiger charge is 2.19. The number of benzene rings is 2. The minimum absolute atomic E-state index is 0.308. The van der Waals surface area contributed by atoms with E-state index in [1.165, 1.54) is 6.07 Å². The molecule has 2 nitrogen and oxygen atoms in total. The maximum Gasteiger partial charge on any atom is 0.394 e. The largest absolute Gasteiger partial charge is 0.394 e. The second-order valence-corrected chi connectivity index (χ2v) is 5.14. The second-order valence-electron chi connectivity index (χ2n) is 3.51. The van der Waals surface area contributed by atoms with Crippen LogP contribution in [0.2, 0.25) is 20.1 Å². The normalized spacial score (nSPS) is 10.2. The topological polar surface area (TPSA) is 28.1 Å². The van der Waals surface area contributed by atoms with Gasteiger partial charge in [0.15, 0.2) is 4.98 Å². The minimum Gasteiger partial charge on any atom is -0.0827 e. The molecule has 6 heteroatoms. The van der Waals surface area contributed by atoms with Crippen molar-refractivity contribution in [1.29, 1.82) is 5.39 Å². The van der Waals surface area contributed by atoms with E-state index >= 15 is 0 Å². The molecular formula is C12H5Cl4N2+. The van der Waals surface area contributed by atoms with Crippen molar-refractivity contribution in [3.05, 3.63) is 55.4 Å². The Bertz CT molecular complexity index is 662. The van der Waals surface area contributed by atoms with Crippen LogP contribution >= 0.6 is 46.4 Å². The van der Waals surface area contributed by atoms with E-state index in [9.17, 15) is 0 Å². The average Bonchev–Trinajstić information content (AvgIpc) is 2.35. The van der Waals surface area contributed by atoms with Gasteiger partial charge in [-0.2, -0.15) is 0 Å². The third-order valence-electron chi connectivity index (χ3n) is 2.38. The summed E-state index contributed by atoms with van der Waals surface area (Å²) in [5.74, 6) is 0. The van der Waals surface area contributed by atoms with Gasteiger partial charge in [-0.3, -0.25) is 0 Å². The molecule has 0 atom stereocenters. The monoisotopic (exact) mass is 317 g/mol. The summed E-state index contributed by atoms with van der Waals surface area (Å²) in [6, 6.07) is 8.16. The number of hydrogen-bond donors (Lipinski definition) is 0. The molecule has 0 aliphatic carbocycles. The van der Waals surface area contributed by atoms with Gasteiger partial charge in [-0.25, -0.2) is 0 Å². The van der Waals surface area contributed by atoms with Gasteiger partial charge in [0.2, 0.25) is 5.39 Å². The zero-order valence-corrected chi connectivity index (χ0v) is 11.8. The first kappa shape index (κ1) is 13.5. The summed E-state index contributed by atoms with van der Waals surface area (Å²) in [7, 11) is 0. The highest BCUT2D eigenvalue weighted by atomic mass is 35.5. The van der Waals surface area contributed by atoms with Crippen LogP contribution in [0.25, 0.3) is 16.1 Å². The molecule has 0 aliphatic heterocycles. The SMILES string of the molecule is N#[N+]c1cc(Cl)c(Cl)cc1-c1ccc(Cl)c(Cl)c1. The predicted octanol–water partition coefficient (Wildman–Crippen LogP) is 6.45. The maximum atomic E-state index is 8.98. The molecule has 0 saturated carbocycles. The van der Waals surface area contributed by atoms with Crippen LogP contribution < -0.4 is 0 Å². The summed E-state index contributed by atoms with van der Waals surface area (Å²) in [5.41, 5.74) is 1.66. The first-order valence-electron chi connectivity index (χ1n) is 4.82. The van der Waals surface area contributed by atoms with Crippen molar-refractivity contribution >= 4 is 52.1 Å². The van der Waals surface area contributed by atoms with E-state index < -0.39 is 0 Å². The fraction of sp³-hybridized carbons (Fsp3) is 0. The van der Waals surface area contributed by atoms with E-state index in [1.54, 1.807) is 24.3 Å². The standard InChI is InChI=1S/C12H5Cl4N2/c13-8-2-1-6(3-9(8)14)7-4-10(15)11(16)5-12(7)18-17/h1-5H/q+1. The Morgan fingerprint density at radius 3 is 2.00 bits per heavy atom. The molecular weight excluding hydrogens is 314 g/mol. The van der Waals surface area contributed by atoms with E-state index in [4.69, 9.17) is 51.8 Å². The van der Waals surface area contributed by atoms with Gasteiger partial charge < -0.3 is 0 Å². The molecule has 0 bridgehead atoms. The van der Waals surface area contributed by atoms with Crippen LogP contribution in [0.3, 0.4) is 0 Å². The molecule has 90 valence electrons. The predicted molar refractivity (Wildman–Crippen MR) is 76.7 cm³/mol. The molecule has 0 radical (unpaired) electrons. The van der Waals surface area contributed by atoms with E-state index in [2.05, 4.69) is 4.98 Å². The number of hydrogen-bond acceptors (Lipinski definition) is 1. The zero-order chi connectivity index (χ0) is 13.3. The van der Waals surface area contributed by atoms with Crippen molar-refractivity contribution in [3.8, 4) is 11.1 Å². The van der Waals surface area contributed by atoms with Gasteiger partial charge in [-0.05, 0) is 23.8 Å². The highest BCUT2D eigenvalue weighted by Crippen LogP contribution is 2.38. The molecule has 2 aromatic carbocycles. The third-order valence-corrected chi connectivity index (χ3v) is 3.84. The number of rotatable bonds is 1. The van der Waals surface area contributed by atoms with Crippen molar-refractivity contribution in [2.45, 2.75) is 0 Å². The van der Waals surface area contributed by atoms with Crippen LogP contribution in [0.5, 0.6) is 0 Å². The second kappa shape index (κ2) is 5.34. The number of nitrogens with zero attached hydrogens (tertiary/aromatic N) is 2. The molecule has 0 unspecified atom stereocenters. The fourth-order valence-corrected chi connectivity index (χ4v) is 2.13. The Labute approximate surface area is 124 Å². The molecule has 0 N–H and O–H groups in total. The van der Waals surface area contributed by atoms with Crippen LogP contribution in [0.15, 0.2) is 30.3 Å². The van der Waals surface area contributed by atoms with Crippen LogP contribution in [-0.2, 0) is 0 Å². The summed E-state index contributed by atoms with van der Waals surface area (Å²) < 4.78 is 0. The summed E-state index contributed by atoms with van der Waals surface area (Å²) in [5, 5.41) is 10.5. The van der Waals surface area contributed by atoms with Crippen molar-refractivity contribution < 1.29 is 0 Å². The van der Waals surface area contributed by atoms with Gasteiger partial charge in [0.1, 0.15) is 0 Å². The van der Waals surface area contributed by atoms with Crippen LogP contribution in [0.1, 0.15) is 0 Å². The third kappa shape index (κ3) is 2.55. The van der Waals surface area contributed by atoms with Crippen LogP contribution in [-0.4, -0.2) is 0 Å². The van der Waals surface area contributed by atoms with Gasteiger partial charge in [0, 0.05) is 0 Å². The molecule has 0 spiro atoms. The average molecular weight is 319 g/mol. The lowest BCUT2D eigenvalue weighted by Crippen LogP contribution is -1.81. The van der Waals surface area contributed by atoms with E-state index in [-0.39, 0.29) is 0 Å². The highest BCUT2D eigenvalue weighted by molar-refractivity contribution is 6.43. The molecule has 0 fully saturated rings. The lowest BCUT2D eigenvalue weighted by molar-refractivity contribution is 1.46. The first-order chi connectivity index (χ1) is 8.52. The Kier molecular flexibility index (Phi) is 3.99. The van der Waals surface area contributed by atoms with E-state index in [0.717, 1.165) is 5.56 Å². The summed E-state index contributed by atoms with van der Waals surface area (Å²) in [6.07, 6.45) is 0. The van der Waals surface area contributed by atoms with Gasteiger partial charge in [0.05, 0.1) is 31.7 Å². The lowest BCUT2D eigenvalue weighted by Gasteiger charge is -2.03. The molecule has 0 aliphatic rings. The van der Waals surface area contributed by atoms with Crippen LogP contribution in [0.4, 0.5) is 5.69 Å². The molecule has 0 amide bonds. The van der Waals surface area contributed by atoms with Gasteiger partial charge in [-0.1, -0.05) is 52.5 Å². The first-order valence-corrected chi connectivity index (χ1v) is 6.33. The van der Waals surface area contributed by atoms with Crippen LogP contribution in [0, 0.1) is 5.39 Å². The summed E-state index contributed by atoms with van der Waals surface area (Å²) >= 11 is 23.6. The maximum absolute atomic E-state index is 8.98. The van der Waals surface area contributed by atoms with Gasteiger partial charge >= 0.3 is 5.69 Å². The van der Waals surface area contributed by atoms with E-state index in [1.807, 2.05) is 0 Å². The fourth-order valence-electron chi connectivity index (χ4n) is 1.51. The van der Waals surface area contributed by atoms with Gasteiger partial charge in [0.25, 0.3) is 0 Å². The quantitative estimate of drug-likeness (QED) is 0.555. The van der Waals surface area contributed by atoms with Crippen molar-refractivity contribution in [3.63, 3.8) is 0 Å².